The first-order valence-electron chi connectivity index (χ1n) is 6.51. The van der Waals surface area contributed by atoms with Crippen LogP contribution in [0.5, 0.6) is 0 Å². The number of amides is 1. The molecule has 0 fully saturated rings. The number of hydrogen-bond donors (Lipinski definition) is 1. The Bertz CT molecular complexity index is 796. The van der Waals surface area contributed by atoms with Crippen molar-refractivity contribution in [2.75, 3.05) is 12.4 Å². The zero-order valence-corrected chi connectivity index (χ0v) is 12.7. The molecule has 120 valence electrons. The van der Waals surface area contributed by atoms with Gasteiger partial charge in [0.15, 0.2) is 0 Å². The molecule has 0 spiro atoms. The summed E-state index contributed by atoms with van der Waals surface area (Å²) < 4.78 is 6.00. The molecule has 9 heteroatoms. The standard InChI is InChI=1S/C14H14N4O5/c1-8-4-12(17(2)16-8)15-13(19)9-5-10(14(20)23-3)7-11(6-9)18(21)22/h4-7H,1-3H3,(H,15,19). The molecule has 1 amide bonds. The Morgan fingerprint density at radius 3 is 2.43 bits per heavy atom. The molecule has 1 aromatic carbocycles. The number of nitrogens with zero attached hydrogens (tertiary/aromatic N) is 3. The van der Waals surface area contributed by atoms with Gasteiger partial charge in [0.1, 0.15) is 5.82 Å². The fourth-order valence-corrected chi connectivity index (χ4v) is 2.00. The summed E-state index contributed by atoms with van der Waals surface area (Å²) in [5.41, 5.74) is 0.225. The zero-order chi connectivity index (χ0) is 17.1. The minimum atomic E-state index is -0.765. The molecule has 23 heavy (non-hydrogen) atoms. The highest BCUT2D eigenvalue weighted by Crippen LogP contribution is 2.19. The van der Waals surface area contributed by atoms with E-state index in [0.717, 1.165) is 19.2 Å². The number of aryl methyl sites for hydroxylation is 2. The number of nitro benzene ring substituents is 1. The molecule has 0 saturated heterocycles. The number of carbonyl (C=O) groups excluding carboxylic acids is 2. The molecule has 0 aliphatic carbocycles. The first-order valence-corrected chi connectivity index (χ1v) is 6.51. The number of rotatable bonds is 4. The topological polar surface area (TPSA) is 116 Å². The predicted molar refractivity (Wildman–Crippen MR) is 80.3 cm³/mol. The third kappa shape index (κ3) is 3.51. The van der Waals surface area contributed by atoms with Crippen LogP contribution in [0, 0.1) is 17.0 Å². The maximum Gasteiger partial charge on any atom is 0.338 e. The predicted octanol–water partition coefficient (Wildman–Crippen LogP) is 1.68. The molecular formula is C14H14N4O5. The van der Waals surface area contributed by atoms with Gasteiger partial charge in [-0.25, -0.2) is 4.79 Å². The molecule has 0 unspecified atom stereocenters. The van der Waals surface area contributed by atoms with Crippen LogP contribution in [-0.4, -0.2) is 33.7 Å². The van der Waals surface area contributed by atoms with E-state index in [-0.39, 0.29) is 16.8 Å². The minimum Gasteiger partial charge on any atom is -0.465 e. The van der Waals surface area contributed by atoms with Crippen LogP contribution in [-0.2, 0) is 11.8 Å². The number of esters is 1. The molecule has 0 saturated carbocycles. The molecular weight excluding hydrogens is 304 g/mol. The van der Waals surface area contributed by atoms with E-state index in [9.17, 15) is 19.7 Å². The molecule has 2 rings (SSSR count). The number of methoxy groups -OCH3 is 1. The van der Waals surface area contributed by atoms with Gasteiger partial charge in [0, 0.05) is 30.8 Å². The maximum absolute atomic E-state index is 12.3. The number of nitrogens with one attached hydrogen (secondary N) is 1. The van der Waals surface area contributed by atoms with E-state index in [1.54, 1.807) is 20.0 Å². The maximum atomic E-state index is 12.3. The first-order chi connectivity index (χ1) is 10.8. The van der Waals surface area contributed by atoms with Crippen molar-refractivity contribution < 1.29 is 19.2 Å². The molecule has 0 aliphatic heterocycles. The van der Waals surface area contributed by atoms with Crippen LogP contribution in [0.3, 0.4) is 0 Å². The van der Waals surface area contributed by atoms with Crippen LogP contribution in [0.15, 0.2) is 24.3 Å². The van der Waals surface area contributed by atoms with Crippen molar-refractivity contribution in [1.29, 1.82) is 0 Å². The summed E-state index contributed by atoms with van der Waals surface area (Å²) in [4.78, 5) is 34.2. The van der Waals surface area contributed by atoms with Gasteiger partial charge in [0.2, 0.25) is 0 Å². The van der Waals surface area contributed by atoms with Gasteiger partial charge in [-0.1, -0.05) is 0 Å². The summed E-state index contributed by atoms with van der Waals surface area (Å²) in [5.74, 6) is -0.931. The van der Waals surface area contributed by atoms with Gasteiger partial charge < -0.3 is 10.1 Å². The second kappa shape index (κ2) is 6.26. The Labute approximate surface area is 131 Å². The van der Waals surface area contributed by atoms with Crippen molar-refractivity contribution in [3.05, 3.63) is 51.2 Å². The Morgan fingerprint density at radius 1 is 1.26 bits per heavy atom. The highest BCUT2D eigenvalue weighted by atomic mass is 16.6. The number of nitro groups is 1. The van der Waals surface area contributed by atoms with Crippen LogP contribution in [0.1, 0.15) is 26.4 Å². The Hall–Kier alpha value is -3.23. The Balaban J connectivity index is 2.39. The molecule has 0 radical (unpaired) electrons. The smallest absolute Gasteiger partial charge is 0.338 e. The largest absolute Gasteiger partial charge is 0.465 e. The first kappa shape index (κ1) is 16.1. The number of benzene rings is 1. The zero-order valence-electron chi connectivity index (χ0n) is 12.7. The second-order valence-electron chi connectivity index (χ2n) is 4.77. The van der Waals surface area contributed by atoms with E-state index in [0.29, 0.717) is 11.5 Å². The summed E-state index contributed by atoms with van der Waals surface area (Å²) in [6.45, 7) is 1.76. The SMILES string of the molecule is COC(=O)c1cc(C(=O)Nc2cc(C)nn2C)cc([N+](=O)[O-])c1. The Kier molecular flexibility index (Phi) is 4.39. The van der Waals surface area contributed by atoms with Gasteiger partial charge in [0.25, 0.3) is 11.6 Å². The molecule has 2 aromatic rings. The second-order valence-corrected chi connectivity index (χ2v) is 4.77. The van der Waals surface area contributed by atoms with Crippen molar-refractivity contribution in [1.82, 2.24) is 9.78 Å². The van der Waals surface area contributed by atoms with Crippen molar-refractivity contribution >= 4 is 23.4 Å². The minimum absolute atomic E-state index is 0.0292. The van der Waals surface area contributed by atoms with Crippen LogP contribution >= 0.6 is 0 Å². The molecule has 0 atom stereocenters. The molecule has 1 N–H and O–H groups in total. The Morgan fingerprint density at radius 2 is 1.91 bits per heavy atom. The van der Waals surface area contributed by atoms with Gasteiger partial charge in [-0.05, 0) is 13.0 Å². The number of anilines is 1. The van der Waals surface area contributed by atoms with E-state index in [4.69, 9.17) is 0 Å². The van der Waals surface area contributed by atoms with Crippen molar-refractivity contribution in [3.63, 3.8) is 0 Å². The highest BCUT2D eigenvalue weighted by Gasteiger charge is 2.19. The average molecular weight is 318 g/mol. The lowest BCUT2D eigenvalue weighted by molar-refractivity contribution is -0.384. The number of hydrogen-bond acceptors (Lipinski definition) is 6. The van der Waals surface area contributed by atoms with Crippen LogP contribution in [0.4, 0.5) is 11.5 Å². The van der Waals surface area contributed by atoms with Gasteiger partial charge >= 0.3 is 5.97 Å². The quantitative estimate of drug-likeness (QED) is 0.521. The molecule has 9 nitrogen and oxygen atoms in total. The van der Waals surface area contributed by atoms with Gasteiger partial charge in [-0.15, -0.1) is 0 Å². The monoisotopic (exact) mass is 318 g/mol. The number of carbonyl (C=O) groups is 2. The summed E-state index contributed by atoms with van der Waals surface area (Å²) in [7, 11) is 2.80. The van der Waals surface area contributed by atoms with Crippen LogP contribution in [0.25, 0.3) is 0 Å². The van der Waals surface area contributed by atoms with Crippen LogP contribution in [0.2, 0.25) is 0 Å². The molecule has 0 aliphatic rings. The van der Waals surface area contributed by atoms with E-state index in [1.807, 2.05) is 0 Å². The van der Waals surface area contributed by atoms with Crippen LogP contribution < -0.4 is 5.32 Å². The highest BCUT2D eigenvalue weighted by molar-refractivity contribution is 6.06. The number of ether oxygens (including phenoxy) is 1. The van der Waals surface area contributed by atoms with Crippen molar-refractivity contribution in [2.24, 2.45) is 7.05 Å². The van der Waals surface area contributed by atoms with Crippen molar-refractivity contribution in [3.8, 4) is 0 Å². The fraction of sp³-hybridized carbons (Fsp3) is 0.214. The summed E-state index contributed by atoms with van der Waals surface area (Å²) in [6, 6.07) is 5.02. The lowest BCUT2D eigenvalue weighted by Gasteiger charge is -2.07. The lowest BCUT2D eigenvalue weighted by Crippen LogP contribution is -2.16. The van der Waals surface area contributed by atoms with E-state index in [1.165, 1.54) is 10.7 Å². The fourth-order valence-electron chi connectivity index (χ4n) is 2.00. The van der Waals surface area contributed by atoms with E-state index in [2.05, 4.69) is 15.2 Å². The summed E-state index contributed by atoms with van der Waals surface area (Å²) in [6.07, 6.45) is 0. The molecule has 1 aromatic heterocycles. The number of aromatic nitrogens is 2. The molecule has 1 heterocycles. The molecule has 0 bridgehead atoms. The summed E-state index contributed by atoms with van der Waals surface area (Å²) >= 11 is 0. The summed E-state index contributed by atoms with van der Waals surface area (Å²) in [5, 5.41) is 17.6. The van der Waals surface area contributed by atoms with Gasteiger partial charge in [0.05, 0.1) is 23.3 Å². The van der Waals surface area contributed by atoms with Crippen molar-refractivity contribution in [2.45, 2.75) is 6.92 Å². The lowest BCUT2D eigenvalue weighted by atomic mass is 10.1. The average Bonchev–Trinajstić information content (AvgIpc) is 2.83. The normalized spacial score (nSPS) is 10.2. The van der Waals surface area contributed by atoms with E-state index >= 15 is 0 Å². The van der Waals surface area contributed by atoms with E-state index < -0.39 is 16.8 Å². The third-order valence-electron chi connectivity index (χ3n) is 3.06. The third-order valence-corrected chi connectivity index (χ3v) is 3.06. The number of non-ortho nitro benzene ring substituents is 1. The van der Waals surface area contributed by atoms with Gasteiger partial charge in [-0.3, -0.25) is 19.6 Å². The van der Waals surface area contributed by atoms with Gasteiger partial charge in [-0.2, -0.15) is 5.10 Å².